The molecule has 2 aliphatic heterocycles. The van der Waals surface area contributed by atoms with Gasteiger partial charge in [-0.2, -0.15) is 10.2 Å². The number of carbonyl (C=O) groups excluding carboxylic acids is 2. The first-order chi connectivity index (χ1) is 23.5. The fraction of sp³-hybridized carbons (Fsp3) is 0.250. The van der Waals surface area contributed by atoms with Gasteiger partial charge in [0, 0.05) is 58.3 Å². The number of aromatic nitrogens is 4. The molecule has 0 amide bonds. The van der Waals surface area contributed by atoms with Crippen LogP contribution in [0.2, 0.25) is 0 Å². The highest BCUT2D eigenvalue weighted by molar-refractivity contribution is 6.02. The summed E-state index contributed by atoms with van der Waals surface area (Å²) in [7, 11) is 0. The third-order valence-corrected chi connectivity index (χ3v) is 10.4. The van der Waals surface area contributed by atoms with E-state index in [4.69, 9.17) is 10.2 Å². The monoisotopic (exact) mass is 632 g/mol. The lowest BCUT2D eigenvalue weighted by Gasteiger charge is -2.35. The first kappa shape index (κ1) is 28.7. The van der Waals surface area contributed by atoms with E-state index in [0.29, 0.717) is 12.8 Å². The lowest BCUT2D eigenvalue weighted by Crippen LogP contribution is -2.28. The predicted molar refractivity (Wildman–Crippen MR) is 186 cm³/mol. The van der Waals surface area contributed by atoms with Crippen molar-refractivity contribution in [2.75, 3.05) is 10.6 Å². The van der Waals surface area contributed by atoms with Crippen molar-refractivity contribution in [1.82, 2.24) is 19.6 Å². The second kappa shape index (κ2) is 11.0. The first-order valence-electron chi connectivity index (χ1n) is 16.9. The molecule has 0 radical (unpaired) electrons. The van der Waals surface area contributed by atoms with Crippen LogP contribution in [0.3, 0.4) is 0 Å². The van der Waals surface area contributed by atoms with Crippen molar-refractivity contribution >= 4 is 23.2 Å². The Bertz CT molecular complexity index is 2050. The van der Waals surface area contributed by atoms with Crippen molar-refractivity contribution in [1.29, 1.82) is 0 Å². The van der Waals surface area contributed by atoms with Gasteiger partial charge in [-0.1, -0.05) is 60.7 Å². The number of allylic oxidation sites excluding steroid dienone is 4. The number of hydrogen-bond donors (Lipinski definition) is 2. The number of Topliss-reactive ketones (excluding diaryl/α,β-unsaturated/α-hetero) is 2. The quantitative estimate of drug-likeness (QED) is 0.210. The van der Waals surface area contributed by atoms with E-state index in [1.165, 1.54) is 0 Å². The van der Waals surface area contributed by atoms with Gasteiger partial charge in [0.15, 0.2) is 11.6 Å². The number of ketones is 2. The summed E-state index contributed by atoms with van der Waals surface area (Å²) >= 11 is 0. The Balaban J connectivity index is 1.24. The molecular weight excluding hydrogens is 596 g/mol. The molecule has 2 aliphatic carbocycles. The lowest BCUT2D eigenvalue weighted by molar-refractivity contribution is -0.117. The van der Waals surface area contributed by atoms with Gasteiger partial charge in [-0.05, 0) is 74.9 Å². The highest BCUT2D eigenvalue weighted by Crippen LogP contribution is 2.50. The summed E-state index contributed by atoms with van der Waals surface area (Å²) in [6.07, 6.45) is 4.36. The van der Waals surface area contributed by atoms with E-state index < -0.39 is 0 Å². The minimum atomic E-state index is -0.272. The Morgan fingerprint density at radius 3 is 1.46 bits per heavy atom. The van der Waals surface area contributed by atoms with Crippen LogP contribution in [0.5, 0.6) is 0 Å². The summed E-state index contributed by atoms with van der Waals surface area (Å²) in [6.45, 7) is 4.07. The van der Waals surface area contributed by atoms with Crippen molar-refractivity contribution in [2.24, 2.45) is 0 Å². The predicted octanol–water partition coefficient (Wildman–Crippen LogP) is 7.80. The van der Waals surface area contributed by atoms with Crippen LogP contribution >= 0.6 is 0 Å². The normalized spacial score (nSPS) is 20.0. The molecule has 0 spiro atoms. The van der Waals surface area contributed by atoms with Crippen molar-refractivity contribution in [3.63, 3.8) is 0 Å². The van der Waals surface area contributed by atoms with Crippen LogP contribution < -0.4 is 10.6 Å². The molecule has 5 aromatic rings. The van der Waals surface area contributed by atoms with Gasteiger partial charge in [-0.25, -0.2) is 9.36 Å². The molecule has 4 aliphatic rings. The molecule has 8 heteroatoms. The van der Waals surface area contributed by atoms with Gasteiger partial charge in [0.1, 0.15) is 11.6 Å². The lowest BCUT2D eigenvalue weighted by atomic mass is 9.73. The van der Waals surface area contributed by atoms with Gasteiger partial charge in [0.2, 0.25) is 0 Å². The molecule has 2 aromatic heterocycles. The van der Waals surface area contributed by atoms with E-state index in [-0.39, 0.29) is 23.4 Å². The zero-order chi connectivity index (χ0) is 32.5. The number of carbonyl (C=O) groups is 2. The molecule has 0 bridgehead atoms. The van der Waals surface area contributed by atoms with Crippen LogP contribution in [0.15, 0.2) is 107 Å². The van der Waals surface area contributed by atoms with E-state index in [2.05, 4.69) is 59.2 Å². The average molecular weight is 633 g/mol. The Kier molecular flexibility index (Phi) is 6.61. The topological polar surface area (TPSA) is 93.8 Å². The Morgan fingerprint density at radius 2 is 1.02 bits per heavy atom. The summed E-state index contributed by atoms with van der Waals surface area (Å²) in [6, 6.07) is 28.9. The van der Waals surface area contributed by atoms with Crippen molar-refractivity contribution in [2.45, 2.75) is 64.2 Å². The fourth-order valence-electron chi connectivity index (χ4n) is 8.34. The molecule has 2 unspecified atom stereocenters. The molecular formula is C40H36N6O2. The summed E-state index contributed by atoms with van der Waals surface area (Å²) in [5.74, 6) is 1.66. The SMILES string of the molecule is Cc1nn(-c2ccccc2)c2c1C(c1cccc(C3C4=C(CCCC4=O)Nc4c3c(C)nn4-c3ccccc3)c1)C1=C(CCCC1=O)N2. The number of rotatable bonds is 4. The largest absolute Gasteiger partial charge is 0.343 e. The second-order valence-corrected chi connectivity index (χ2v) is 13.3. The van der Waals surface area contributed by atoms with Crippen LogP contribution in [0.1, 0.15) is 84.0 Å². The molecule has 8 nitrogen and oxygen atoms in total. The number of para-hydroxylation sites is 2. The van der Waals surface area contributed by atoms with Gasteiger partial charge >= 0.3 is 0 Å². The average Bonchev–Trinajstić information content (AvgIpc) is 3.63. The first-order valence-corrected chi connectivity index (χ1v) is 16.9. The van der Waals surface area contributed by atoms with Crippen LogP contribution in [-0.4, -0.2) is 31.1 Å². The van der Waals surface area contributed by atoms with E-state index in [0.717, 1.165) is 105 Å². The van der Waals surface area contributed by atoms with E-state index >= 15 is 0 Å². The van der Waals surface area contributed by atoms with E-state index in [1.54, 1.807) is 0 Å². The molecule has 238 valence electrons. The summed E-state index contributed by atoms with van der Waals surface area (Å²) in [4.78, 5) is 27.6. The molecule has 2 atom stereocenters. The minimum Gasteiger partial charge on any atom is -0.343 e. The van der Waals surface area contributed by atoms with Crippen LogP contribution in [-0.2, 0) is 9.59 Å². The fourth-order valence-corrected chi connectivity index (χ4v) is 8.34. The summed E-state index contributed by atoms with van der Waals surface area (Å²) < 4.78 is 3.95. The van der Waals surface area contributed by atoms with E-state index in [1.807, 2.05) is 59.6 Å². The van der Waals surface area contributed by atoms with Crippen LogP contribution in [0.4, 0.5) is 11.6 Å². The van der Waals surface area contributed by atoms with Gasteiger partial charge < -0.3 is 10.6 Å². The maximum absolute atomic E-state index is 13.8. The summed E-state index contributed by atoms with van der Waals surface area (Å²) in [5, 5.41) is 17.4. The number of fused-ring (bicyclic) bond motifs is 2. The van der Waals surface area contributed by atoms with Crippen molar-refractivity contribution in [3.8, 4) is 11.4 Å². The maximum Gasteiger partial charge on any atom is 0.161 e. The van der Waals surface area contributed by atoms with Crippen LogP contribution in [0, 0.1) is 13.8 Å². The van der Waals surface area contributed by atoms with Gasteiger partial charge in [-0.15, -0.1) is 0 Å². The summed E-state index contributed by atoms with van der Waals surface area (Å²) in [5.41, 5.74) is 11.5. The number of nitrogens with one attached hydrogen (secondary N) is 2. The third-order valence-electron chi connectivity index (χ3n) is 10.4. The molecule has 3 aromatic carbocycles. The van der Waals surface area contributed by atoms with Gasteiger partial charge in [0.25, 0.3) is 0 Å². The molecule has 9 rings (SSSR count). The van der Waals surface area contributed by atoms with Gasteiger partial charge in [0.05, 0.1) is 22.8 Å². The smallest absolute Gasteiger partial charge is 0.161 e. The molecule has 0 fully saturated rings. The maximum atomic E-state index is 13.8. The highest BCUT2D eigenvalue weighted by Gasteiger charge is 2.41. The molecule has 0 saturated heterocycles. The second-order valence-electron chi connectivity index (χ2n) is 13.3. The molecule has 48 heavy (non-hydrogen) atoms. The third kappa shape index (κ3) is 4.35. The van der Waals surface area contributed by atoms with E-state index in [9.17, 15) is 9.59 Å². The zero-order valence-electron chi connectivity index (χ0n) is 27.1. The van der Waals surface area contributed by atoms with Crippen LogP contribution in [0.25, 0.3) is 11.4 Å². The number of anilines is 2. The number of hydrogen-bond acceptors (Lipinski definition) is 6. The number of aryl methyl sites for hydroxylation is 2. The van der Waals surface area contributed by atoms with Crippen molar-refractivity contribution in [3.05, 3.63) is 141 Å². The van der Waals surface area contributed by atoms with Gasteiger partial charge in [-0.3, -0.25) is 9.59 Å². The molecule has 4 heterocycles. The Labute approximate surface area is 279 Å². The number of nitrogens with zero attached hydrogens (tertiary/aromatic N) is 4. The Hall–Kier alpha value is -5.50. The minimum absolute atomic E-state index is 0.188. The van der Waals surface area contributed by atoms with Crippen molar-refractivity contribution < 1.29 is 9.59 Å². The number of benzene rings is 3. The standard InChI is InChI=1S/C40H36N6O2/c1-23-33-35(37-29(18-10-20-31(37)47)41-39(33)45(43-23)27-14-5-3-6-15-27)25-12-9-13-26(22-25)36-34-24(2)44-46(28-16-7-4-8-17-28)40(34)42-30-19-11-21-32(48)38(30)36/h3-9,12-17,22,35-36,41-42H,10-11,18-21H2,1-2H3. The molecule has 0 saturated carbocycles. The Morgan fingerprint density at radius 1 is 0.583 bits per heavy atom. The highest BCUT2D eigenvalue weighted by atomic mass is 16.1. The zero-order valence-corrected chi connectivity index (χ0v) is 27.1. The molecule has 2 N–H and O–H groups in total.